The molecule has 1 aromatic carbocycles. The van der Waals surface area contributed by atoms with Crippen molar-refractivity contribution in [3.63, 3.8) is 0 Å². The van der Waals surface area contributed by atoms with Crippen molar-refractivity contribution >= 4 is 38.1 Å². The van der Waals surface area contributed by atoms with E-state index in [2.05, 4.69) is 20.9 Å². The Bertz CT molecular complexity index is 484. The number of benzene rings is 1. The number of aromatic nitrogens is 1. The van der Waals surface area contributed by atoms with E-state index in [9.17, 15) is 4.21 Å². The van der Waals surface area contributed by atoms with Gasteiger partial charge >= 0.3 is 0 Å². The summed E-state index contributed by atoms with van der Waals surface area (Å²) in [6.07, 6.45) is 1.78. The third-order valence-electron chi connectivity index (χ3n) is 2.00. The summed E-state index contributed by atoms with van der Waals surface area (Å²) in [4.78, 5) is 5.28. The van der Waals surface area contributed by atoms with E-state index in [0.717, 1.165) is 15.8 Å². The lowest BCUT2D eigenvalue weighted by Crippen LogP contribution is -1.95. The van der Waals surface area contributed by atoms with Crippen LogP contribution in [0.2, 0.25) is 0 Å². The maximum absolute atomic E-state index is 12.0. The smallest absolute Gasteiger partial charge is 0.181 e. The van der Waals surface area contributed by atoms with Crippen LogP contribution in [-0.4, -0.2) is 9.19 Å². The Morgan fingerprint density at radius 3 is 2.69 bits per heavy atom. The van der Waals surface area contributed by atoms with Gasteiger partial charge in [-0.25, -0.2) is 4.98 Å². The molecule has 0 saturated heterocycles. The van der Waals surface area contributed by atoms with E-state index in [-0.39, 0.29) is 0 Å². The molecule has 0 amide bonds. The molecule has 0 fully saturated rings. The van der Waals surface area contributed by atoms with Gasteiger partial charge in [-0.15, -0.1) is 11.3 Å². The molecule has 2 nitrogen and oxygen atoms in total. The Hall–Kier alpha value is -0.520. The third-order valence-corrected chi connectivity index (χ3v) is 5.66. The van der Waals surface area contributed by atoms with Crippen molar-refractivity contribution < 1.29 is 4.21 Å². The van der Waals surface area contributed by atoms with E-state index in [0.29, 0.717) is 10.1 Å². The van der Waals surface area contributed by atoms with E-state index in [1.165, 1.54) is 11.3 Å². The predicted octanol–water partition coefficient (Wildman–Crippen LogP) is 3.35. The van der Waals surface area contributed by atoms with Gasteiger partial charge in [0.05, 0.1) is 16.6 Å². The molecule has 2 rings (SSSR count). The Balaban J connectivity index is 2.09. The first-order valence-electron chi connectivity index (χ1n) is 4.72. The topological polar surface area (TPSA) is 30.0 Å². The minimum absolute atomic E-state index is 0.538. The first-order chi connectivity index (χ1) is 7.79. The van der Waals surface area contributed by atoms with Crippen LogP contribution in [0.1, 0.15) is 10.4 Å². The number of rotatable bonds is 4. The standard InChI is InChI=1S/C11H10BrNOS2/c12-6-10-7-13-11(15-10)16(14)8-9-4-2-1-3-5-9/h1-5,7H,6,8H2. The van der Waals surface area contributed by atoms with Crippen LogP contribution in [0.4, 0.5) is 0 Å². The number of halogens is 1. The van der Waals surface area contributed by atoms with E-state index >= 15 is 0 Å². The Morgan fingerprint density at radius 2 is 2.06 bits per heavy atom. The van der Waals surface area contributed by atoms with Crippen LogP contribution in [0.25, 0.3) is 0 Å². The van der Waals surface area contributed by atoms with Crippen molar-refractivity contribution in [2.24, 2.45) is 0 Å². The summed E-state index contributed by atoms with van der Waals surface area (Å²) in [6.45, 7) is 0. The predicted molar refractivity (Wildman–Crippen MR) is 71.3 cm³/mol. The molecule has 1 heterocycles. The summed E-state index contributed by atoms with van der Waals surface area (Å²) in [5.41, 5.74) is 1.08. The molecular weight excluding hydrogens is 306 g/mol. The maximum atomic E-state index is 12.0. The molecule has 5 heteroatoms. The summed E-state index contributed by atoms with van der Waals surface area (Å²) in [5, 5.41) is 0.771. The molecule has 0 bridgehead atoms. The molecule has 0 saturated carbocycles. The van der Waals surface area contributed by atoms with Gasteiger partial charge < -0.3 is 0 Å². The van der Waals surface area contributed by atoms with Gasteiger partial charge in [-0.2, -0.15) is 0 Å². The SMILES string of the molecule is O=S(Cc1ccccc1)c1ncc(CBr)s1. The van der Waals surface area contributed by atoms with Crippen molar-refractivity contribution in [3.8, 4) is 0 Å². The van der Waals surface area contributed by atoms with Gasteiger partial charge in [-0.1, -0.05) is 46.3 Å². The highest BCUT2D eigenvalue weighted by atomic mass is 79.9. The lowest BCUT2D eigenvalue weighted by molar-refractivity contribution is 0.682. The molecule has 1 atom stereocenters. The first kappa shape index (κ1) is 12.0. The van der Waals surface area contributed by atoms with E-state index < -0.39 is 10.8 Å². The van der Waals surface area contributed by atoms with Gasteiger partial charge in [0.15, 0.2) is 4.34 Å². The van der Waals surface area contributed by atoms with Gasteiger partial charge in [0.2, 0.25) is 0 Å². The van der Waals surface area contributed by atoms with Gasteiger partial charge in [0, 0.05) is 16.4 Å². The quantitative estimate of drug-likeness (QED) is 0.810. The zero-order valence-electron chi connectivity index (χ0n) is 8.43. The summed E-state index contributed by atoms with van der Waals surface area (Å²) in [5.74, 6) is 0.538. The Kier molecular flexibility index (Phi) is 4.26. The number of hydrogen-bond acceptors (Lipinski definition) is 3. The second kappa shape index (κ2) is 5.70. The zero-order chi connectivity index (χ0) is 11.4. The van der Waals surface area contributed by atoms with E-state index in [1.54, 1.807) is 6.20 Å². The van der Waals surface area contributed by atoms with Crippen LogP contribution in [0, 0.1) is 0 Å². The third kappa shape index (κ3) is 2.99. The van der Waals surface area contributed by atoms with Crippen LogP contribution in [0.15, 0.2) is 40.9 Å². The molecule has 0 radical (unpaired) electrons. The van der Waals surface area contributed by atoms with Crippen LogP contribution < -0.4 is 0 Å². The minimum atomic E-state index is -1.03. The Morgan fingerprint density at radius 1 is 1.31 bits per heavy atom. The summed E-state index contributed by atoms with van der Waals surface area (Å²) in [6, 6.07) is 9.84. The maximum Gasteiger partial charge on any atom is 0.181 e. The lowest BCUT2D eigenvalue weighted by atomic mass is 10.2. The number of hydrogen-bond donors (Lipinski definition) is 0. The second-order valence-electron chi connectivity index (χ2n) is 3.20. The van der Waals surface area contributed by atoms with E-state index in [1.807, 2.05) is 30.3 Å². The van der Waals surface area contributed by atoms with Crippen LogP contribution in [-0.2, 0) is 21.9 Å². The van der Waals surface area contributed by atoms with Gasteiger partial charge in [0.25, 0.3) is 0 Å². The molecule has 1 aromatic heterocycles. The minimum Gasteiger partial charge on any atom is -0.252 e. The highest BCUT2D eigenvalue weighted by molar-refractivity contribution is 9.08. The molecular formula is C11H10BrNOS2. The highest BCUT2D eigenvalue weighted by Gasteiger charge is 2.09. The molecule has 2 aromatic rings. The Labute approximate surface area is 109 Å². The fraction of sp³-hybridized carbons (Fsp3) is 0.182. The molecule has 84 valence electrons. The van der Waals surface area contributed by atoms with E-state index in [4.69, 9.17) is 0 Å². The second-order valence-corrected chi connectivity index (χ2v) is 6.50. The number of thiazole rings is 1. The molecule has 0 aliphatic carbocycles. The summed E-state index contributed by atoms with van der Waals surface area (Å²) >= 11 is 4.86. The van der Waals surface area contributed by atoms with Crippen LogP contribution in [0.5, 0.6) is 0 Å². The molecule has 0 spiro atoms. The molecule has 0 aliphatic heterocycles. The average molecular weight is 316 g/mol. The molecule has 0 N–H and O–H groups in total. The van der Waals surface area contributed by atoms with Crippen LogP contribution in [0.3, 0.4) is 0 Å². The fourth-order valence-electron chi connectivity index (χ4n) is 1.24. The lowest BCUT2D eigenvalue weighted by Gasteiger charge is -1.98. The zero-order valence-corrected chi connectivity index (χ0v) is 11.6. The first-order valence-corrected chi connectivity index (χ1v) is 7.98. The van der Waals surface area contributed by atoms with Crippen molar-refractivity contribution in [1.82, 2.24) is 4.98 Å². The fourth-order valence-corrected chi connectivity index (χ4v) is 3.88. The van der Waals surface area contributed by atoms with Gasteiger partial charge in [-0.05, 0) is 5.56 Å². The van der Waals surface area contributed by atoms with Crippen molar-refractivity contribution in [2.75, 3.05) is 0 Å². The summed E-state index contributed by atoms with van der Waals surface area (Å²) < 4.78 is 12.7. The number of nitrogens with zero attached hydrogens (tertiary/aromatic N) is 1. The molecule has 16 heavy (non-hydrogen) atoms. The highest BCUT2D eigenvalue weighted by Crippen LogP contribution is 2.20. The normalized spacial score (nSPS) is 12.6. The summed E-state index contributed by atoms with van der Waals surface area (Å²) in [7, 11) is -1.03. The molecule has 1 unspecified atom stereocenters. The van der Waals surface area contributed by atoms with Gasteiger partial charge in [-0.3, -0.25) is 4.21 Å². The number of alkyl halides is 1. The van der Waals surface area contributed by atoms with Crippen LogP contribution >= 0.6 is 27.3 Å². The van der Waals surface area contributed by atoms with Crippen molar-refractivity contribution in [2.45, 2.75) is 15.4 Å². The van der Waals surface area contributed by atoms with Gasteiger partial charge in [0.1, 0.15) is 0 Å². The largest absolute Gasteiger partial charge is 0.252 e. The average Bonchev–Trinajstić information content (AvgIpc) is 2.79. The van der Waals surface area contributed by atoms with Crippen molar-refractivity contribution in [3.05, 3.63) is 47.0 Å². The van der Waals surface area contributed by atoms with Crippen molar-refractivity contribution in [1.29, 1.82) is 0 Å². The monoisotopic (exact) mass is 315 g/mol. The molecule has 0 aliphatic rings.